The summed E-state index contributed by atoms with van der Waals surface area (Å²) in [5.41, 5.74) is 3.38. The monoisotopic (exact) mass is 538 g/mol. The van der Waals surface area contributed by atoms with E-state index in [9.17, 15) is 14.4 Å². The number of hydrogen-bond donors (Lipinski definition) is 1. The van der Waals surface area contributed by atoms with Gasteiger partial charge in [0, 0.05) is 4.47 Å². The van der Waals surface area contributed by atoms with Crippen molar-refractivity contribution in [2.75, 3.05) is 4.90 Å². The molecule has 0 radical (unpaired) electrons. The van der Waals surface area contributed by atoms with Gasteiger partial charge in [-0.1, -0.05) is 57.9 Å². The van der Waals surface area contributed by atoms with E-state index in [1.54, 1.807) is 31.2 Å². The van der Waals surface area contributed by atoms with Crippen molar-refractivity contribution in [2.45, 2.75) is 20.5 Å². The number of carbonyl (C=O) groups is 3. The van der Waals surface area contributed by atoms with E-state index < -0.39 is 17.8 Å². The van der Waals surface area contributed by atoms with Crippen LogP contribution < -0.4 is 15.0 Å². The van der Waals surface area contributed by atoms with Crippen molar-refractivity contribution in [3.63, 3.8) is 0 Å². The van der Waals surface area contributed by atoms with E-state index >= 15 is 0 Å². The molecule has 1 aliphatic heterocycles. The highest BCUT2D eigenvalue weighted by Gasteiger charge is 2.37. The van der Waals surface area contributed by atoms with Crippen LogP contribution in [0.25, 0.3) is 6.08 Å². The van der Waals surface area contributed by atoms with Gasteiger partial charge in [0.15, 0.2) is 0 Å². The molecule has 3 aromatic rings. The molecule has 0 unspecified atom stereocenters. The Morgan fingerprint density at radius 1 is 1.00 bits per heavy atom. The van der Waals surface area contributed by atoms with Gasteiger partial charge in [-0.2, -0.15) is 0 Å². The van der Waals surface area contributed by atoms with Crippen LogP contribution in [0.3, 0.4) is 0 Å². The largest absolute Gasteiger partial charge is 0.487 e. The van der Waals surface area contributed by atoms with Crippen LogP contribution in [0.4, 0.5) is 10.5 Å². The maximum atomic E-state index is 13.2. The second kappa shape index (κ2) is 9.83. The Morgan fingerprint density at radius 2 is 1.74 bits per heavy atom. The summed E-state index contributed by atoms with van der Waals surface area (Å²) in [5, 5.41) is 2.57. The van der Waals surface area contributed by atoms with E-state index in [0.717, 1.165) is 26.1 Å². The van der Waals surface area contributed by atoms with Gasteiger partial charge in [0.2, 0.25) is 0 Å². The number of carbonyl (C=O) groups excluding carboxylic acids is 3. The van der Waals surface area contributed by atoms with Crippen molar-refractivity contribution in [3.8, 4) is 5.75 Å². The van der Waals surface area contributed by atoms with Crippen LogP contribution >= 0.6 is 27.5 Å². The molecule has 34 heavy (non-hydrogen) atoms. The van der Waals surface area contributed by atoms with E-state index in [4.69, 9.17) is 16.3 Å². The van der Waals surface area contributed by atoms with Crippen LogP contribution in [0.1, 0.15) is 22.3 Å². The number of barbiturate groups is 1. The fourth-order valence-electron chi connectivity index (χ4n) is 3.47. The molecule has 1 fully saturated rings. The first-order valence-corrected chi connectivity index (χ1v) is 11.6. The highest BCUT2D eigenvalue weighted by Crippen LogP contribution is 2.29. The van der Waals surface area contributed by atoms with Gasteiger partial charge in [0.1, 0.15) is 17.9 Å². The SMILES string of the molecule is Cc1ccc(C)c(N2C(=O)NC(=O)/C(=C\c3ccc(OCc4ccc(Br)cc4)c(Cl)c3)C2=O)c1. The summed E-state index contributed by atoms with van der Waals surface area (Å²) < 4.78 is 6.77. The molecule has 0 saturated carbocycles. The molecule has 6 nitrogen and oxygen atoms in total. The van der Waals surface area contributed by atoms with Gasteiger partial charge < -0.3 is 4.74 Å². The van der Waals surface area contributed by atoms with Gasteiger partial charge in [-0.25, -0.2) is 9.69 Å². The van der Waals surface area contributed by atoms with Crippen molar-refractivity contribution in [1.82, 2.24) is 5.32 Å². The summed E-state index contributed by atoms with van der Waals surface area (Å²) in [6, 6.07) is 17.3. The van der Waals surface area contributed by atoms with Crippen LogP contribution in [0.5, 0.6) is 5.75 Å². The van der Waals surface area contributed by atoms with E-state index in [1.165, 1.54) is 6.08 Å². The van der Waals surface area contributed by atoms with Gasteiger partial charge >= 0.3 is 6.03 Å². The molecule has 8 heteroatoms. The maximum Gasteiger partial charge on any atom is 0.335 e. The van der Waals surface area contributed by atoms with Crippen LogP contribution in [0.2, 0.25) is 5.02 Å². The molecule has 172 valence electrons. The van der Waals surface area contributed by atoms with Gasteiger partial charge in [0.05, 0.1) is 10.7 Å². The van der Waals surface area contributed by atoms with Crippen molar-refractivity contribution in [1.29, 1.82) is 0 Å². The van der Waals surface area contributed by atoms with E-state index in [0.29, 0.717) is 28.6 Å². The number of amides is 4. The van der Waals surface area contributed by atoms with Gasteiger partial charge in [0.25, 0.3) is 11.8 Å². The zero-order valence-electron chi connectivity index (χ0n) is 18.4. The topological polar surface area (TPSA) is 75.7 Å². The van der Waals surface area contributed by atoms with Gasteiger partial charge in [-0.15, -0.1) is 0 Å². The maximum absolute atomic E-state index is 13.2. The second-order valence-electron chi connectivity index (χ2n) is 7.85. The van der Waals surface area contributed by atoms with Gasteiger partial charge in [-0.3, -0.25) is 14.9 Å². The Bertz CT molecular complexity index is 1340. The lowest BCUT2D eigenvalue weighted by molar-refractivity contribution is -0.122. The Hall–Kier alpha value is -3.42. The van der Waals surface area contributed by atoms with Crippen molar-refractivity contribution in [3.05, 3.63) is 98.0 Å². The molecule has 0 spiro atoms. The molecule has 1 aliphatic rings. The summed E-state index contributed by atoms with van der Waals surface area (Å²) in [7, 11) is 0. The first-order chi connectivity index (χ1) is 16.2. The summed E-state index contributed by atoms with van der Waals surface area (Å²) >= 11 is 9.78. The minimum absolute atomic E-state index is 0.167. The molecule has 3 aromatic carbocycles. The third-order valence-electron chi connectivity index (χ3n) is 5.28. The fraction of sp³-hybridized carbons (Fsp3) is 0.115. The normalized spacial score (nSPS) is 15.0. The van der Waals surface area contributed by atoms with E-state index in [2.05, 4.69) is 21.2 Å². The third kappa shape index (κ3) is 5.05. The lowest BCUT2D eigenvalue weighted by Gasteiger charge is -2.27. The first-order valence-electron chi connectivity index (χ1n) is 10.4. The zero-order chi connectivity index (χ0) is 24.4. The highest BCUT2D eigenvalue weighted by molar-refractivity contribution is 9.10. The van der Waals surface area contributed by atoms with E-state index in [-0.39, 0.29) is 5.57 Å². The lowest BCUT2D eigenvalue weighted by Crippen LogP contribution is -2.54. The Balaban J connectivity index is 1.58. The molecule has 1 saturated heterocycles. The number of benzene rings is 3. The molecule has 0 atom stereocenters. The number of rotatable bonds is 5. The van der Waals surface area contributed by atoms with Crippen molar-refractivity contribution in [2.24, 2.45) is 0 Å². The average molecular weight is 540 g/mol. The number of halogens is 2. The molecule has 4 rings (SSSR count). The Kier molecular flexibility index (Phi) is 6.86. The number of nitrogens with zero attached hydrogens (tertiary/aromatic N) is 1. The summed E-state index contributed by atoms with van der Waals surface area (Å²) in [6.07, 6.45) is 1.41. The number of imide groups is 2. The molecular formula is C26H20BrClN2O4. The summed E-state index contributed by atoms with van der Waals surface area (Å²) in [5.74, 6) is -0.990. The third-order valence-corrected chi connectivity index (χ3v) is 6.11. The predicted octanol–water partition coefficient (Wildman–Crippen LogP) is 5.96. The molecule has 0 aliphatic carbocycles. The smallest absolute Gasteiger partial charge is 0.335 e. The quantitative estimate of drug-likeness (QED) is 0.320. The number of anilines is 1. The second-order valence-corrected chi connectivity index (χ2v) is 9.18. The van der Waals surface area contributed by atoms with E-state index in [1.807, 2.05) is 43.3 Å². The molecule has 4 amide bonds. The average Bonchev–Trinajstić information content (AvgIpc) is 2.79. The zero-order valence-corrected chi connectivity index (χ0v) is 20.7. The number of nitrogens with one attached hydrogen (secondary N) is 1. The van der Waals surface area contributed by atoms with Crippen LogP contribution in [0, 0.1) is 13.8 Å². The Labute approximate surface area is 210 Å². The van der Waals surface area contributed by atoms with Gasteiger partial charge in [-0.05, 0) is 72.5 Å². The van der Waals surface area contributed by atoms with Crippen LogP contribution in [0.15, 0.2) is 70.7 Å². The summed E-state index contributed by atoms with van der Waals surface area (Å²) in [6.45, 7) is 3.99. The highest BCUT2D eigenvalue weighted by atomic mass is 79.9. The minimum atomic E-state index is -0.782. The fourth-order valence-corrected chi connectivity index (χ4v) is 3.98. The molecule has 0 aromatic heterocycles. The van der Waals surface area contributed by atoms with Crippen LogP contribution in [-0.4, -0.2) is 17.8 Å². The number of urea groups is 1. The first kappa shape index (κ1) is 23.7. The standard InChI is InChI=1S/C26H20BrClN2O4/c1-15-3-4-16(2)22(11-15)30-25(32)20(24(31)29-26(30)33)12-18-7-10-23(21(28)13-18)34-14-17-5-8-19(27)9-6-17/h3-13H,14H2,1-2H3,(H,29,31,33)/b20-12+. The van der Waals surface area contributed by atoms with Crippen LogP contribution in [-0.2, 0) is 16.2 Å². The number of ether oxygens (including phenoxy) is 1. The number of aryl methyl sites for hydroxylation is 2. The molecular weight excluding hydrogens is 520 g/mol. The van der Waals surface area contributed by atoms with Crippen molar-refractivity contribution >= 4 is 57.1 Å². The molecule has 1 N–H and O–H groups in total. The van der Waals surface area contributed by atoms with Crippen molar-refractivity contribution < 1.29 is 19.1 Å². The molecule has 1 heterocycles. The number of hydrogen-bond acceptors (Lipinski definition) is 4. The minimum Gasteiger partial charge on any atom is -0.487 e. The predicted molar refractivity (Wildman–Crippen MR) is 135 cm³/mol. The molecule has 0 bridgehead atoms. The lowest BCUT2D eigenvalue weighted by atomic mass is 10.0. The summed E-state index contributed by atoms with van der Waals surface area (Å²) in [4.78, 5) is 39.1. The Morgan fingerprint density at radius 3 is 2.44 bits per heavy atom.